The fourth-order valence-electron chi connectivity index (χ4n) is 3.15. The number of aromatic nitrogens is 7. The number of aryl methyl sites for hydroxylation is 1. The Balaban J connectivity index is 1.95. The highest BCUT2D eigenvalue weighted by Gasteiger charge is 2.31. The van der Waals surface area contributed by atoms with Crippen LogP contribution in [0.5, 0.6) is 11.8 Å². The van der Waals surface area contributed by atoms with E-state index < -0.39 is 11.4 Å². The number of aliphatic hydroxyl groups excluding tert-OH is 1. The summed E-state index contributed by atoms with van der Waals surface area (Å²) in [6, 6.07) is 0. The number of hydrogen-bond donors (Lipinski definition) is 2. The Labute approximate surface area is 205 Å². The molecular formula is C20H27ClN8O4S. The van der Waals surface area contributed by atoms with E-state index >= 15 is 0 Å². The number of nitrogens with zero attached hydrogens (tertiary/aromatic N) is 7. The average molecular weight is 511 g/mol. The lowest BCUT2D eigenvalue weighted by Crippen LogP contribution is -2.31. The highest BCUT2D eigenvalue weighted by molar-refractivity contribution is 7.93. The second kappa shape index (κ2) is 12.1. The van der Waals surface area contributed by atoms with Crippen molar-refractivity contribution in [2.75, 3.05) is 25.5 Å². The molecule has 3 aromatic rings. The molecule has 0 spiro atoms. The standard InChI is InChI=1S/C20H27ClN8O4S/c1-12(17-22-9-14(21)10-23-17)13(2)34(31)28-20-27-26-15(7-5-6-8-30)29(20)16-18(32-3)24-11-25-19(16)33-4/h9-13,30H,5-8H2,1-4H3,(H,27,28)/t12-,13?,34?/m0/s1. The van der Waals surface area contributed by atoms with Gasteiger partial charge in [-0.3, -0.25) is 4.57 Å². The number of rotatable bonds is 12. The summed E-state index contributed by atoms with van der Waals surface area (Å²) in [6.45, 7) is 3.77. The van der Waals surface area contributed by atoms with Crippen LogP contribution < -0.4 is 14.2 Å². The molecule has 0 aliphatic carbocycles. The number of nitrogens with one attached hydrogen (secondary N) is 1. The highest BCUT2D eigenvalue weighted by Crippen LogP contribution is 2.33. The largest absolute Gasteiger partial charge is 0.593 e. The van der Waals surface area contributed by atoms with Gasteiger partial charge in [-0.2, -0.15) is 14.7 Å². The first-order chi connectivity index (χ1) is 16.4. The summed E-state index contributed by atoms with van der Waals surface area (Å²) in [7, 11) is 2.95. The molecule has 3 rings (SSSR count). The molecule has 0 aromatic carbocycles. The van der Waals surface area contributed by atoms with E-state index in [0.717, 1.165) is 0 Å². The molecule has 0 bridgehead atoms. The Morgan fingerprint density at radius 2 is 1.74 bits per heavy atom. The van der Waals surface area contributed by atoms with E-state index in [4.69, 9.17) is 26.2 Å². The molecule has 0 fully saturated rings. The van der Waals surface area contributed by atoms with Gasteiger partial charge in [0.05, 0.1) is 36.5 Å². The van der Waals surface area contributed by atoms with Gasteiger partial charge in [0, 0.05) is 25.4 Å². The summed E-state index contributed by atoms with van der Waals surface area (Å²) in [4.78, 5) is 16.8. The summed E-state index contributed by atoms with van der Waals surface area (Å²) < 4.78 is 28.7. The second-order valence-corrected chi connectivity index (χ2v) is 9.33. The van der Waals surface area contributed by atoms with Gasteiger partial charge in [-0.15, -0.1) is 10.2 Å². The Morgan fingerprint density at radius 1 is 1.09 bits per heavy atom. The van der Waals surface area contributed by atoms with E-state index in [2.05, 4.69) is 34.9 Å². The van der Waals surface area contributed by atoms with Crippen molar-refractivity contribution in [2.24, 2.45) is 0 Å². The molecule has 3 aromatic heterocycles. The number of anilines is 1. The van der Waals surface area contributed by atoms with E-state index in [9.17, 15) is 4.55 Å². The fraction of sp³-hybridized carbons (Fsp3) is 0.500. The fourth-order valence-corrected chi connectivity index (χ4v) is 4.24. The van der Waals surface area contributed by atoms with E-state index in [1.807, 2.05) is 13.8 Å². The van der Waals surface area contributed by atoms with Crippen LogP contribution in [-0.4, -0.2) is 70.4 Å². The smallest absolute Gasteiger partial charge is 0.271 e. The molecule has 14 heteroatoms. The summed E-state index contributed by atoms with van der Waals surface area (Å²) in [6.07, 6.45) is 6.08. The SMILES string of the molecule is COc1ncnc(OC)c1-n1c(CCCCO)nnc1N[S+]([O-])C(C)[C@H](C)c1ncc(Cl)cn1. The predicted molar refractivity (Wildman–Crippen MR) is 127 cm³/mol. The third-order valence-electron chi connectivity index (χ3n) is 5.19. The topological polar surface area (TPSA) is 156 Å². The second-order valence-electron chi connectivity index (χ2n) is 7.35. The summed E-state index contributed by atoms with van der Waals surface area (Å²) in [5.41, 5.74) is 0.373. The van der Waals surface area contributed by atoms with Crippen LogP contribution in [0.4, 0.5) is 5.95 Å². The van der Waals surface area contributed by atoms with Gasteiger partial charge in [-0.25, -0.2) is 9.97 Å². The summed E-state index contributed by atoms with van der Waals surface area (Å²) >= 11 is 4.28. The van der Waals surface area contributed by atoms with E-state index in [1.54, 1.807) is 4.57 Å². The molecule has 3 heterocycles. The number of aliphatic hydroxyl groups is 1. The minimum atomic E-state index is -1.60. The molecule has 3 atom stereocenters. The molecule has 184 valence electrons. The van der Waals surface area contributed by atoms with Crippen molar-refractivity contribution in [3.8, 4) is 17.4 Å². The van der Waals surface area contributed by atoms with Crippen LogP contribution in [0.3, 0.4) is 0 Å². The first-order valence-corrected chi connectivity index (χ1v) is 12.1. The lowest BCUT2D eigenvalue weighted by atomic mass is 10.1. The normalized spacial score (nSPS) is 13.9. The Hall–Kier alpha value is -2.74. The van der Waals surface area contributed by atoms with Crippen LogP contribution in [0.25, 0.3) is 5.69 Å². The molecule has 34 heavy (non-hydrogen) atoms. The van der Waals surface area contributed by atoms with Crippen LogP contribution in [0.1, 0.15) is 44.3 Å². The molecule has 0 radical (unpaired) electrons. The van der Waals surface area contributed by atoms with Gasteiger partial charge in [0.15, 0.2) is 5.69 Å². The van der Waals surface area contributed by atoms with Gasteiger partial charge in [-0.1, -0.05) is 18.5 Å². The van der Waals surface area contributed by atoms with Crippen LogP contribution >= 0.6 is 11.6 Å². The maximum Gasteiger partial charge on any atom is 0.271 e. The van der Waals surface area contributed by atoms with Gasteiger partial charge in [0.1, 0.15) is 23.2 Å². The third kappa shape index (κ3) is 5.84. The zero-order valence-electron chi connectivity index (χ0n) is 19.3. The van der Waals surface area contributed by atoms with Crippen molar-refractivity contribution in [3.05, 3.63) is 35.4 Å². The number of halogens is 1. The van der Waals surface area contributed by atoms with E-state index in [1.165, 1.54) is 32.9 Å². The van der Waals surface area contributed by atoms with Crippen molar-refractivity contribution < 1.29 is 19.1 Å². The molecule has 2 unspecified atom stereocenters. The molecule has 0 aliphatic heterocycles. The highest BCUT2D eigenvalue weighted by atomic mass is 35.5. The quantitative estimate of drug-likeness (QED) is 0.271. The zero-order chi connectivity index (χ0) is 24.7. The number of unbranched alkanes of at least 4 members (excludes halogenated alkanes) is 1. The molecule has 12 nitrogen and oxygen atoms in total. The molecule has 0 aliphatic rings. The molecular weight excluding hydrogens is 484 g/mol. The first-order valence-electron chi connectivity index (χ1n) is 10.5. The predicted octanol–water partition coefficient (Wildman–Crippen LogP) is 2.10. The van der Waals surface area contributed by atoms with Crippen LogP contribution in [0, 0.1) is 0 Å². The van der Waals surface area contributed by atoms with Crippen molar-refractivity contribution in [1.82, 2.24) is 34.7 Å². The average Bonchev–Trinajstić information content (AvgIpc) is 3.24. The van der Waals surface area contributed by atoms with Gasteiger partial charge < -0.3 is 19.1 Å². The van der Waals surface area contributed by atoms with Crippen molar-refractivity contribution in [3.63, 3.8) is 0 Å². The zero-order valence-corrected chi connectivity index (χ0v) is 20.9. The molecule has 0 amide bonds. The summed E-state index contributed by atoms with van der Waals surface area (Å²) in [5.74, 6) is 1.51. The van der Waals surface area contributed by atoms with Crippen LogP contribution in [-0.2, 0) is 17.8 Å². The van der Waals surface area contributed by atoms with Gasteiger partial charge in [0.25, 0.3) is 5.95 Å². The monoisotopic (exact) mass is 510 g/mol. The minimum Gasteiger partial charge on any atom is -0.593 e. The molecule has 0 saturated carbocycles. The van der Waals surface area contributed by atoms with Gasteiger partial charge in [-0.05, 0) is 19.8 Å². The van der Waals surface area contributed by atoms with Crippen LogP contribution in [0.15, 0.2) is 18.7 Å². The lowest BCUT2D eigenvalue weighted by molar-refractivity contribution is 0.284. The summed E-state index contributed by atoms with van der Waals surface area (Å²) in [5, 5.41) is 17.7. The molecule has 0 saturated heterocycles. The maximum absolute atomic E-state index is 13.3. The van der Waals surface area contributed by atoms with Crippen molar-refractivity contribution in [2.45, 2.75) is 44.3 Å². The van der Waals surface area contributed by atoms with Crippen molar-refractivity contribution in [1.29, 1.82) is 0 Å². The number of ether oxygens (including phenoxy) is 2. The van der Waals surface area contributed by atoms with Gasteiger partial charge >= 0.3 is 0 Å². The van der Waals surface area contributed by atoms with E-state index in [-0.39, 0.29) is 35.5 Å². The first kappa shape index (κ1) is 25.9. The maximum atomic E-state index is 13.3. The molecule has 2 N–H and O–H groups in total. The number of hydrogen-bond acceptors (Lipinski definition) is 11. The Morgan fingerprint density at radius 3 is 2.32 bits per heavy atom. The minimum absolute atomic E-state index is 0.0620. The number of methoxy groups -OCH3 is 2. The van der Waals surface area contributed by atoms with Crippen LogP contribution in [0.2, 0.25) is 5.02 Å². The van der Waals surface area contributed by atoms with Crippen molar-refractivity contribution >= 4 is 28.9 Å². The lowest BCUT2D eigenvalue weighted by Gasteiger charge is -2.23. The Kier molecular flexibility index (Phi) is 9.21. The Bertz CT molecular complexity index is 1050. The third-order valence-corrected chi connectivity index (χ3v) is 6.85. The van der Waals surface area contributed by atoms with E-state index in [0.29, 0.717) is 41.6 Å². The van der Waals surface area contributed by atoms with Gasteiger partial charge in [0.2, 0.25) is 11.8 Å².